The Bertz CT molecular complexity index is 1070. The van der Waals surface area contributed by atoms with E-state index < -0.39 is 0 Å². The molecule has 3 heterocycles. The lowest BCUT2D eigenvalue weighted by molar-refractivity contribution is -0.0562. The fourth-order valence-electron chi connectivity index (χ4n) is 8.07. The Kier molecular flexibility index (Phi) is 27.3. The van der Waals surface area contributed by atoms with Crippen LogP contribution in [0.25, 0.3) is 0 Å². The molecule has 5 fully saturated rings. The van der Waals surface area contributed by atoms with Crippen LogP contribution in [0.1, 0.15) is 188 Å². The van der Waals surface area contributed by atoms with Crippen LogP contribution in [0, 0.1) is 0 Å². The molecule has 3 atom stereocenters. The number of hydrogen-bond acceptors (Lipinski definition) is 11. The van der Waals surface area contributed by atoms with Gasteiger partial charge in [-0.3, -0.25) is 0 Å². The van der Waals surface area contributed by atoms with E-state index in [4.69, 9.17) is 30.4 Å². The summed E-state index contributed by atoms with van der Waals surface area (Å²) in [5.74, 6) is 2.36. The van der Waals surface area contributed by atoms with E-state index in [9.17, 15) is 0 Å². The van der Waals surface area contributed by atoms with E-state index in [1.807, 2.05) is 11.8 Å². The van der Waals surface area contributed by atoms with Crippen molar-refractivity contribution in [1.82, 2.24) is 20.4 Å². The van der Waals surface area contributed by atoms with Crippen LogP contribution in [0.15, 0.2) is 24.8 Å². The molecule has 2 saturated carbocycles. The van der Waals surface area contributed by atoms with Gasteiger partial charge in [-0.15, -0.1) is 11.8 Å². The third kappa shape index (κ3) is 30.8. The summed E-state index contributed by atoms with van der Waals surface area (Å²) in [6.07, 6.45) is 20.5. The Hall–Kier alpha value is -1.21. The summed E-state index contributed by atoms with van der Waals surface area (Å²) in [4.78, 5) is 4.13. The monoisotopic (exact) mass is 871 g/mol. The summed E-state index contributed by atoms with van der Waals surface area (Å²) >= 11 is 1.85. The van der Waals surface area contributed by atoms with Crippen LogP contribution >= 0.6 is 11.8 Å². The highest BCUT2D eigenvalue weighted by molar-refractivity contribution is 7.98. The van der Waals surface area contributed by atoms with E-state index >= 15 is 0 Å². The minimum Gasteiger partial charge on any atom is -0.386 e. The summed E-state index contributed by atoms with van der Waals surface area (Å²) < 4.78 is 23.3. The molecule has 358 valence electrons. The maximum Gasteiger partial charge on any atom is 0.0913 e. The predicted molar refractivity (Wildman–Crippen MR) is 262 cm³/mol. The summed E-state index contributed by atoms with van der Waals surface area (Å²) in [5, 5.41) is 7.10. The van der Waals surface area contributed by atoms with Crippen LogP contribution in [-0.2, 0) is 18.9 Å². The molecule has 0 aromatic rings. The summed E-state index contributed by atoms with van der Waals surface area (Å²) in [6, 6.07) is 0.740. The van der Waals surface area contributed by atoms with Crippen molar-refractivity contribution >= 4 is 11.8 Å². The molecule has 1 unspecified atom stereocenters. The van der Waals surface area contributed by atoms with E-state index in [1.165, 1.54) is 77.2 Å². The van der Waals surface area contributed by atoms with Crippen LogP contribution < -0.4 is 22.1 Å². The van der Waals surface area contributed by atoms with Gasteiger partial charge in [-0.2, -0.15) is 0 Å². The van der Waals surface area contributed by atoms with Crippen LogP contribution in [-0.4, -0.2) is 113 Å². The van der Waals surface area contributed by atoms with Crippen molar-refractivity contribution in [2.24, 2.45) is 11.5 Å². The van der Waals surface area contributed by atoms with Crippen LogP contribution in [0.4, 0.5) is 0 Å². The van der Waals surface area contributed by atoms with Gasteiger partial charge in [0.05, 0.1) is 58.5 Å². The molecule has 0 radical (unpaired) electrons. The molecule has 60 heavy (non-hydrogen) atoms. The first kappa shape index (κ1) is 58.8. The van der Waals surface area contributed by atoms with Gasteiger partial charge in [-0.1, -0.05) is 46.3 Å². The molecule has 0 aromatic carbocycles. The minimum absolute atomic E-state index is 0. The molecule has 5 rings (SSSR count). The molecule has 5 aliphatic rings. The number of ether oxygens (including phenoxy) is 4. The molecule has 10 nitrogen and oxygen atoms in total. The Morgan fingerprint density at radius 3 is 1.20 bits per heavy atom. The largest absolute Gasteiger partial charge is 0.386 e. The van der Waals surface area contributed by atoms with Crippen molar-refractivity contribution < 1.29 is 18.9 Å². The van der Waals surface area contributed by atoms with Crippen LogP contribution in [0.5, 0.6) is 0 Å². The molecule has 0 aromatic heterocycles. The smallest absolute Gasteiger partial charge is 0.0913 e. The van der Waals surface area contributed by atoms with E-state index in [0.717, 1.165) is 50.9 Å². The Morgan fingerprint density at radius 1 is 0.583 bits per heavy atom. The molecule has 0 spiro atoms. The Labute approximate surface area is 377 Å². The minimum atomic E-state index is -0.0589. The van der Waals surface area contributed by atoms with Crippen molar-refractivity contribution in [3.8, 4) is 0 Å². The maximum atomic E-state index is 5.84. The number of nitrogens with zero attached hydrogens (tertiary/aromatic N) is 2. The molecule has 6 N–H and O–H groups in total. The molecular weight excluding hydrogens is 769 g/mol. The fraction of sp³-hybridized carbons (Fsp3) is 0.918. The van der Waals surface area contributed by atoms with E-state index in [2.05, 4.69) is 137 Å². The lowest BCUT2D eigenvalue weighted by Gasteiger charge is -2.29. The van der Waals surface area contributed by atoms with Gasteiger partial charge in [-0.05, 0) is 168 Å². The van der Waals surface area contributed by atoms with Gasteiger partial charge in [0.1, 0.15) is 0 Å². The normalized spacial score (nSPS) is 22.7. The molecule has 0 bridgehead atoms. The van der Waals surface area contributed by atoms with Gasteiger partial charge in [-0.25, -0.2) is 0 Å². The molecule has 3 saturated heterocycles. The van der Waals surface area contributed by atoms with Gasteiger partial charge < -0.3 is 50.8 Å². The van der Waals surface area contributed by atoms with Crippen molar-refractivity contribution in [2.45, 2.75) is 246 Å². The number of nitrogens with two attached hydrogens (primary N) is 2. The van der Waals surface area contributed by atoms with E-state index in [0.29, 0.717) is 36.1 Å². The lowest BCUT2D eigenvalue weighted by atomic mass is 9.95. The second-order valence-corrected chi connectivity index (χ2v) is 22.8. The molecule has 11 heteroatoms. The van der Waals surface area contributed by atoms with E-state index in [1.54, 1.807) is 0 Å². The Morgan fingerprint density at radius 2 is 0.933 bits per heavy atom. The average Bonchev–Trinajstić information content (AvgIpc) is 3.91. The number of rotatable bonds is 11. The first-order valence-corrected chi connectivity index (χ1v) is 24.5. The van der Waals surface area contributed by atoms with Gasteiger partial charge in [0.25, 0.3) is 0 Å². The van der Waals surface area contributed by atoms with Gasteiger partial charge in [0, 0.05) is 43.6 Å². The van der Waals surface area contributed by atoms with E-state index in [-0.39, 0.29) is 35.4 Å². The van der Waals surface area contributed by atoms with Crippen molar-refractivity contribution in [3.63, 3.8) is 0 Å². The molecular formula is C49H102N6O4S. The summed E-state index contributed by atoms with van der Waals surface area (Å²) in [5.41, 5.74) is 11.5. The number of nitrogens with one attached hydrogen (secondary N) is 2. The summed E-state index contributed by atoms with van der Waals surface area (Å²) in [7, 11) is 0. The number of thioether (sulfide) groups is 1. The first-order chi connectivity index (χ1) is 27.1. The third-order valence-electron chi connectivity index (χ3n) is 10.4. The Balaban J connectivity index is 0.000000726. The summed E-state index contributed by atoms with van der Waals surface area (Å²) in [6.45, 7) is 42.2. The maximum absolute atomic E-state index is 5.84. The quantitative estimate of drug-likeness (QED) is 0.149. The number of likely N-dealkylation sites (tertiary alicyclic amines) is 2. The standard InChI is InChI=1S/2C10H20N2O.C10H22N2S.2C9H18O.CH4/c2*1-8(11)12-6-5-9(7-12)13-10(2,3)4;1-10(2,12-8-13-3)7-9-5-4-6-11-9;2*1-9(2,3)10-8-6-4-5-7-8;/h2*9H,1,5-7,11H2,2-4H3;9,11-12H,4-8H2,1-3H3;2*8H,4-7H2,1-3H3;1H4/t2*9-;;;;/m10..../s1. The number of hydrogen-bond donors (Lipinski definition) is 4. The fourth-order valence-corrected chi connectivity index (χ4v) is 8.60. The van der Waals surface area contributed by atoms with Crippen LogP contribution in [0.3, 0.4) is 0 Å². The van der Waals surface area contributed by atoms with Gasteiger partial charge >= 0.3 is 0 Å². The van der Waals surface area contributed by atoms with Crippen molar-refractivity contribution in [2.75, 3.05) is 44.9 Å². The lowest BCUT2D eigenvalue weighted by Crippen LogP contribution is -2.43. The second kappa shape index (κ2) is 27.9. The highest BCUT2D eigenvalue weighted by Gasteiger charge is 2.29. The zero-order valence-electron chi connectivity index (χ0n) is 41.3. The van der Waals surface area contributed by atoms with Crippen LogP contribution in [0.2, 0.25) is 0 Å². The van der Waals surface area contributed by atoms with Gasteiger partial charge in [0.15, 0.2) is 0 Å². The van der Waals surface area contributed by atoms with Crippen molar-refractivity contribution in [1.29, 1.82) is 0 Å². The zero-order valence-corrected chi connectivity index (χ0v) is 42.1. The molecule has 2 aliphatic carbocycles. The molecule has 0 amide bonds. The third-order valence-corrected chi connectivity index (χ3v) is 10.8. The average molecular weight is 871 g/mol. The SMILES string of the molecule is C.C=C(N)N1CC[C@@H](OC(C)(C)C)C1.C=C(N)N1CC[C@H](OC(C)(C)C)C1.CC(C)(C)OC1CCCC1.CC(C)(C)OC1CCCC1.CSCNC(C)(C)CC1CCCN1. The predicted octanol–water partition coefficient (Wildman–Crippen LogP) is 10.6. The second-order valence-electron chi connectivity index (χ2n) is 21.9. The first-order valence-electron chi connectivity index (χ1n) is 23.1. The van der Waals surface area contributed by atoms with Gasteiger partial charge in [0.2, 0.25) is 0 Å². The van der Waals surface area contributed by atoms with Crippen molar-refractivity contribution in [3.05, 3.63) is 24.8 Å². The molecule has 3 aliphatic heterocycles. The zero-order chi connectivity index (χ0) is 45.1. The highest BCUT2D eigenvalue weighted by Crippen LogP contribution is 2.27. The highest BCUT2D eigenvalue weighted by atomic mass is 32.2. The topological polar surface area (TPSA) is 120 Å².